The van der Waals surface area contributed by atoms with Gasteiger partial charge in [-0.25, -0.2) is 8.42 Å². The predicted molar refractivity (Wildman–Crippen MR) is 107 cm³/mol. The molecule has 0 spiro atoms. The third kappa shape index (κ3) is 4.82. The molecule has 5 nitrogen and oxygen atoms in total. The molecule has 0 saturated heterocycles. The molecular weight excluding hydrogens is 380 g/mol. The fourth-order valence-corrected chi connectivity index (χ4v) is 5.25. The number of benzene rings is 2. The fourth-order valence-electron chi connectivity index (χ4n) is 2.70. The number of nitrogens with two attached hydrogens (primary N) is 1. The Balaban J connectivity index is 1.88. The van der Waals surface area contributed by atoms with Gasteiger partial charge in [-0.05, 0) is 23.6 Å². The highest BCUT2D eigenvalue weighted by molar-refractivity contribution is 7.89. The van der Waals surface area contributed by atoms with Gasteiger partial charge in [-0.2, -0.15) is 4.31 Å². The van der Waals surface area contributed by atoms with Gasteiger partial charge in [0.1, 0.15) is 0 Å². The van der Waals surface area contributed by atoms with Crippen molar-refractivity contribution in [3.63, 3.8) is 0 Å². The Bertz CT molecular complexity index is 1000. The molecule has 1 heterocycles. The van der Waals surface area contributed by atoms with Gasteiger partial charge in [-0.1, -0.05) is 60.7 Å². The number of carbonyl (C=O) groups is 1. The molecule has 1 amide bonds. The summed E-state index contributed by atoms with van der Waals surface area (Å²) in [7, 11) is -3.75. The summed E-state index contributed by atoms with van der Waals surface area (Å²) >= 11 is 1.04. The largest absolute Gasteiger partial charge is 0.365 e. The van der Waals surface area contributed by atoms with Gasteiger partial charge >= 0.3 is 0 Å². The normalized spacial score (nSPS) is 11.6. The minimum absolute atomic E-state index is 0.102. The van der Waals surface area contributed by atoms with Crippen molar-refractivity contribution < 1.29 is 13.2 Å². The number of rotatable bonds is 8. The van der Waals surface area contributed by atoms with Crippen molar-refractivity contribution >= 4 is 27.3 Å². The van der Waals surface area contributed by atoms with Gasteiger partial charge in [0.15, 0.2) is 0 Å². The van der Waals surface area contributed by atoms with Crippen LogP contribution in [0, 0.1) is 0 Å². The van der Waals surface area contributed by atoms with Gasteiger partial charge in [0.05, 0.1) is 9.77 Å². The minimum atomic E-state index is -3.75. The van der Waals surface area contributed by atoms with Crippen LogP contribution in [0.5, 0.6) is 0 Å². The average molecular weight is 401 g/mol. The summed E-state index contributed by atoms with van der Waals surface area (Å²) in [5, 5.41) is 1.47. The molecule has 1 aromatic heterocycles. The van der Waals surface area contributed by atoms with Crippen molar-refractivity contribution in [3.8, 4) is 0 Å². The summed E-state index contributed by atoms with van der Waals surface area (Å²) in [6.45, 7) is 0.598. The Kier molecular flexibility index (Phi) is 6.05. The lowest BCUT2D eigenvalue weighted by molar-refractivity contribution is 0.100. The second kappa shape index (κ2) is 8.47. The maximum Gasteiger partial charge on any atom is 0.258 e. The maximum atomic E-state index is 13.2. The van der Waals surface area contributed by atoms with E-state index in [0.717, 1.165) is 22.5 Å². The molecule has 0 saturated carbocycles. The van der Waals surface area contributed by atoms with Crippen LogP contribution in [0.3, 0.4) is 0 Å². The highest BCUT2D eigenvalue weighted by atomic mass is 32.2. The Morgan fingerprint density at radius 1 is 0.963 bits per heavy atom. The molecule has 7 heteroatoms. The summed E-state index contributed by atoms with van der Waals surface area (Å²) in [6, 6.07) is 20.5. The predicted octanol–water partition coefficient (Wildman–Crippen LogP) is 3.28. The number of hydrogen-bond acceptors (Lipinski definition) is 4. The standard InChI is InChI=1S/C20H20N2O3S2/c21-20(23)19-13-18(15-26-19)27(24,25)22(14-17-9-5-2-6-10-17)12-11-16-7-3-1-4-8-16/h1-10,13,15H,11-12,14H2,(H2,21,23). The van der Waals surface area contributed by atoms with Crippen LogP contribution in [0.2, 0.25) is 0 Å². The lowest BCUT2D eigenvalue weighted by atomic mass is 10.1. The SMILES string of the molecule is NC(=O)c1cc(S(=O)(=O)N(CCc2ccccc2)Cc2ccccc2)cs1. The summed E-state index contributed by atoms with van der Waals surface area (Å²) in [4.78, 5) is 11.7. The second-order valence-electron chi connectivity index (χ2n) is 6.07. The van der Waals surface area contributed by atoms with Gasteiger partial charge in [0, 0.05) is 18.5 Å². The van der Waals surface area contributed by atoms with E-state index in [4.69, 9.17) is 5.73 Å². The molecule has 0 radical (unpaired) electrons. The highest BCUT2D eigenvalue weighted by Gasteiger charge is 2.26. The van der Waals surface area contributed by atoms with Crippen molar-refractivity contribution in [1.82, 2.24) is 4.31 Å². The Morgan fingerprint density at radius 2 is 1.56 bits per heavy atom. The van der Waals surface area contributed by atoms with Crippen LogP contribution in [-0.2, 0) is 23.0 Å². The molecule has 3 rings (SSSR count). The van der Waals surface area contributed by atoms with Crippen molar-refractivity contribution in [2.45, 2.75) is 17.9 Å². The molecule has 0 fully saturated rings. The topological polar surface area (TPSA) is 80.5 Å². The van der Waals surface area contributed by atoms with E-state index in [9.17, 15) is 13.2 Å². The van der Waals surface area contributed by atoms with Crippen LogP contribution in [0.1, 0.15) is 20.8 Å². The molecule has 3 aromatic rings. The molecule has 0 atom stereocenters. The van der Waals surface area contributed by atoms with E-state index in [1.165, 1.54) is 15.8 Å². The molecule has 0 aliphatic carbocycles. The van der Waals surface area contributed by atoms with Crippen molar-refractivity contribution in [2.24, 2.45) is 5.73 Å². The Hall–Kier alpha value is -2.48. The summed E-state index contributed by atoms with van der Waals surface area (Å²) < 4.78 is 27.8. The number of carbonyl (C=O) groups excluding carboxylic acids is 1. The quantitative estimate of drug-likeness (QED) is 0.630. The highest BCUT2D eigenvalue weighted by Crippen LogP contribution is 2.24. The first-order valence-electron chi connectivity index (χ1n) is 8.43. The molecule has 2 aromatic carbocycles. The number of amides is 1. The third-order valence-corrected chi connectivity index (χ3v) is 7.07. The van der Waals surface area contributed by atoms with E-state index in [0.29, 0.717) is 13.0 Å². The van der Waals surface area contributed by atoms with E-state index in [1.807, 2.05) is 60.7 Å². The van der Waals surface area contributed by atoms with Crippen LogP contribution in [0.4, 0.5) is 0 Å². The lowest BCUT2D eigenvalue weighted by Crippen LogP contribution is -2.32. The maximum absolute atomic E-state index is 13.2. The summed E-state index contributed by atoms with van der Waals surface area (Å²) in [6.07, 6.45) is 0.597. The molecule has 0 unspecified atom stereocenters. The van der Waals surface area contributed by atoms with Crippen LogP contribution < -0.4 is 5.73 Å². The van der Waals surface area contributed by atoms with E-state index >= 15 is 0 Å². The first kappa shape index (κ1) is 19.3. The van der Waals surface area contributed by atoms with Gasteiger partial charge in [0.2, 0.25) is 10.0 Å². The molecule has 27 heavy (non-hydrogen) atoms. The summed E-state index contributed by atoms with van der Waals surface area (Å²) in [5.41, 5.74) is 7.23. The first-order valence-corrected chi connectivity index (χ1v) is 10.7. The number of nitrogens with zero attached hydrogens (tertiary/aromatic N) is 1. The van der Waals surface area contributed by atoms with Crippen LogP contribution in [0.25, 0.3) is 0 Å². The minimum Gasteiger partial charge on any atom is -0.365 e. The lowest BCUT2D eigenvalue weighted by Gasteiger charge is -2.22. The van der Waals surface area contributed by atoms with Crippen molar-refractivity contribution in [2.75, 3.05) is 6.54 Å². The van der Waals surface area contributed by atoms with Crippen LogP contribution in [0.15, 0.2) is 77.0 Å². The third-order valence-electron chi connectivity index (χ3n) is 4.15. The molecular formula is C20H20N2O3S2. The van der Waals surface area contributed by atoms with Gasteiger partial charge < -0.3 is 5.73 Å². The fraction of sp³-hybridized carbons (Fsp3) is 0.150. The number of primary amides is 1. The van der Waals surface area contributed by atoms with E-state index < -0.39 is 15.9 Å². The van der Waals surface area contributed by atoms with Crippen LogP contribution >= 0.6 is 11.3 Å². The molecule has 0 aliphatic rings. The zero-order chi connectivity index (χ0) is 19.3. The average Bonchev–Trinajstić information content (AvgIpc) is 3.18. The molecule has 0 aliphatic heterocycles. The van der Waals surface area contributed by atoms with Gasteiger partial charge in [-0.3, -0.25) is 4.79 Å². The van der Waals surface area contributed by atoms with Gasteiger partial charge in [0.25, 0.3) is 5.91 Å². The zero-order valence-corrected chi connectivity index (χ0v) is 16.2. The number of sulfonamides is 1. The number of thiophene rings is 1. The monoisotopic (exact) mass is 400 g/mol. The van der Waals surface area contributed by atoms with E-state index in [-0.39, 0.29) is 16.3 Å². The summed E-state index contributed by atoms with van der Waals surface area (Å²) in [5.74, 6) is -0.625. The molecule has 2 N–H and O–H groups in total. The van der Waals surface area contributed by atoms with Crippen molar-refractivity contribution in [3.05, 3.63) is 88.1 Å². The van der Waals surface area contributed by atoms with Crippen molar-refractivity contribution in [1.29, 1.82) is 0 Å². The molecule has 140 valence electrons. The smallest absolute Gasteiger partial charge is 0.258 e. The first-order chi connectivity index (χ1) is 13.0. The zero-order valence-electron chi connectivity index (χ0n) is 14.6. The second-order valence-corrected chi connectivity index (χ2v) is 8.92. The van der Waals surface area contributed by atoms with E-state index in [1.54, 1.807) is 0 Å². The Morgan fingerprint density at radius 3 is 2.11 bits per heavy atom. The number of hydrogen-bond donors (Lipinski definition) is 1. The van der Waals surface area contributed by atoms with E-state index in [2.05, 4.69) is 0 Å². The molecule has 0 bridgehead atoms. The van der Waals surface area contributed by atoms with Gasteiger partial charge in [-0.15, -0.1) is 11.3 Å². The Labute approximate surface area is 163 Å². The van der Waals surface area contributed by atoms with Crippen LogP contribution in [-0.4, -0.2) is 25.2 Å².